The molecule has 4 nitrogen and oxygen atoms in total. The largest absolute Gasteiger partial charge is 0.478 e. The van der Waals surface area contributed by atoms with Gasteiger partial charge in [0.25, 0.3) is 5.91 Å². The fourth-order valence-corrected chi connectivity index (χ4v) is 2.64. The van der Waals surface area contributed by atoms with Gasteiger partial charge in [0.15, 0.2) is 17.7 Å². The highest BCUT2D eigenvalue weighted by molar-refractivity contribution is 5.80. The molecule has 0 N–H and O–H groups in total. The van der Waals surface area contributed by atoms with Crippen molar-refractivity contribution in [2.75, 3.05) is 0 Å². The van der Waals surface area contributed by atoms with Crippen LogP contribution in [0.5, 0.6) is 5.75 Å². The number of hydrogen-bond donors (Lipinski definition) is 0. The summed E-state index contributed by atoms with van der Waals surface area (Å²) in [6.07, 6.45) is 0.741. The van der Waals surface area contributed by atoms with Gasteiger partial charge in [-0.25, -0.2) is 4.39 Å². The zero-order valence-electron chi connectivity index (χ0n) is 14.5. The number of rotatable bonds is 7. The Morgan fingerprint density at radius 2 is 1.77 bits per heavy atom. The maximum absolute atomic E-state index is 13.8. The highest BCUT2D eigenvalue weighted by Crippen LogP contribution is 2.19. The van der Waals surface area contributed by atoms with Crippen molar-refractivity contribution in [3.05, 3.63) is 90.1 Å². The van der Waals surface area contributed by atoms with Crippen molar-refractivity contribution in [1.82, 2.24) is 4.90 Å². The summed E-state index contributed by atoms with van der Waals surface area (Å²) in [5, 5.41) is 0. The molecule has 0 aliphatic carbocycles. The summed E-state index contributed by atoms with van der Waals surface area (Å²) in [5.74, 6) is -0.000294. The number of ether oxygens (including phenoxy) is 1. The second-order valence-electron chi connectivity index (χ2n) is 5.95. The third-order valence-electron chi connectivity index (χ3n) is 3.94. The monoisotopic (exact) mass is 353 g/mol. The van der Waals surface area contributed by atoms with Crippen LogP contribution in [0.3, 0.4) is 0 Å². The van der Waals surface area contributed by atoms with Crippen LogP contribution in [0, 0.1) is 5.82 Å². The van der Waals surface area contributed by atoms with Gasteiger partial charge in [0, 0.05) is 6.54 Å². The van der Waals surface area contributed by atoms with Crippen LogP contribution in [-0.4, -0.2) is 16.9 Å². The predicted octanol–water partition coefficient (Wildman–Crippen LogP) is 4.42. The molecule has 3 aromatic rings. The molecule has 0 saturated carbocycles. The molecule has 134 valence electrons. The number of benzene rings is 2. The average Bonchev–Trinajstić information content (AvgIpc) is 3.16. The molecule has 0 bridgehead atoms. The third kappa shape index (κ3) is 4.51. The van der Waals surface area contributed by atoms with E-state index < -0.39 is 11.9 Å². The van der Waals surface area contributed by atoms with Crippen LogP contribution in [-0.2, 0) is 17.9 Å². The smallest absolute Gasteiger partial charge is 0.264 e. The van der Waals surface area contributed by atoms with Crippen LogP contribution in [0.2, 0.25) is 0 Å². The van der Waals surface area contributed by atoms with Crippen LogP contribution in [0.4, 0.5) is 4.39 Å². The number of nitrogens with zero attached hydrogens (tertiary/aromatic N) is 1. The zero-order valence-corrected chi connectivity index (χ0v) is 14.5. The van der Waals surface area contributed by atoms with Gasteiger partial charge in [0.1, 0.15) is 5.76 Å². The lowest BCUT2D eigenvalue weighted by Crippen LogP contribution is -2.39. The highest BCUT2D eigenvalue weighted by Gasteiger charge is 2.24. The van der Waals surface area contributed by atoms with Crippen LogP contribution >= 0.6 is 0 Å². The van der Waals surface area contributed by atoms with E-state index in [9.17, 15) is 9.18 Å². The molecule has 0 spiro atoms. The Balaban J connectivity index is 1.75. The molecule has 1 amide bonds. The number of para-hydroxylation sites is 1. The fraction of sp³-hybridized carbons (Fsp3) is 0.190. The van der Waals surface area contributed by atoms with E-state index in [1.165, 1.54) is 12.1 Å². The van der Waals surface area contributed by atoms with Gasteiger partial charge in [0.2, 0.25) is 0 Å². The Kier molecular flexibility index (Phi) is 5.69. The molecule has 26 heavy (non-hydrogen) atoms. The molecule has 0 fully saturated rings. The zero-order chi connectivity index (χ0) is 18.4. The van der Waals surface area contributed by atoms with E-state index >= 15 is 0 Å². The molecule has 0 saturated heterocycles. The van der Waals surface area contributed by atoms with Crippen LogP contribution in [0.1, 0.15) is 18.2 Å². The molecular formula is C21H20FNO3. The van der Waals surface area contributed by atoms with E-state index in [4.69, 9.17) is 9.15 Å². The summed E-state index contributed by atoms with van der Waals surface area (Å²) in [7, 11) is 0. The molecular weight excluding hydrogens is 333 g/mol. The van der Waals surface area contributed by atoms with Gasteiger partial charge < -0.3 is 14.1 Å². The van der Waals surface area contributed by atoms with Gasteiger partial charge >= 0.3 is 0 Å². The molecule has 1 heterocycles. The minimum atomic E-state index is -0.828. The predicted molar refractivity (Wildman–Crippen MR) is 95.9 cm³/mol. The first kappa shape index (κ1) is 17.7. The Hall–Kier alpha value is -3.08. The lowest BCUT2D eigenvalue weighted by molar-refractivity contribution is -0.139. The van der Waals surface area contributed by atoms with Gasteiger partial charge in [-0.15, -0.1) is 0 Å². The van der Waals surface area contributed by atoms with Crippen molar-refractivity contribution < 1.29 is 18.3 Å². The minimum absolute atomic E-state index is 0.0611. The van der Waals surface area contributed by atoms with E-state index in [0.717, 1.165) is 5.56 Å². The summed E-state index contributed by atoms with van der Waals surface area (Å²) >= 11 is 0. The summed E-state index contributed by atoms with van der Waals surface area (Å²) in [6, 6.07) is 19.3. The molecule has 0 radical (unpaired) electrons. The van der Waals surface area contributed by atoms with Crippen LogP contribution in [0.15, 0.2) is 77.4 Å². The first-order valence-corrected chi connectivity index (χ1v) is 8.40. The van der Waals surface area contributed by atoms with Crippen molar-refractivity contribution in [2.24, 2.45) is 0 Å². The number of carbonyl (C=O) groups is 1. The maximum atomic E-state index is 13.8. The van der Waals surface area contributed by atoms with E-state index in [0.29, 0.717) is 18.8 Å². The van der Waals surface area contributed by atoms with Gasteiger partial charge in [-0.2, -0.15) is 0 Å². The number of hydrogen-bond acceptors (Lipinski definition) is 3. The average molecular weight is 353 g/mol. The SMILES string of the molecule is CC(Oc1ccccc1F)C(=O)N(Cc1ccccc1)Cc1ccco1. The Labute approximate surface area is 151 Å². The highest BCUT2D eigenvalue weighted by atomic mass is 19.1. The van der Waals surface area contributed by atoms with Crippen molar-refractivity contribution in [2.45, 2.75) is 26.1 Å². The summed E-state index contributed by atoms with van der Waals surface area (Å²) < 4.78 is 24.7. The fourth-order valence-electron chi connectivity index (χ4n) is 2.64. The molecule has 0 aliphatic heterocycles. The quantitative estimate of drug-likeness (QED) is 0.632. The normalized spacial score (nSPS) is 11.8. The van der Waals surface area contributed by atoms with Gasteiger partial charge in [-0.1, -0.05) is 42.5 Å². The molecule has 0 aliphatic rings. The van der Waals surface area contributed by atoms with Crippen molar-refractivity contribution in [1.29, 1.82) is 0 Å². The second-order valence-corrected chi connectivity index (χ2v) is 5.95. The van der Waals surface area contributed by atoms with Crippen molar-refractivity contribution in [3.8, 4) is 5.75 Å². The lowest BCUT2D eigenvalue weighted by atomic mass is 10.2. The molecule has 1 unspecified atom stereocenters. The van der Waals surface area contributed by atoms with E-state index in [2.05, 4.69) is 0 Å². The molecule has 1 aromatic heterocycles. The molecule has 5 heteroatoms. The first-order valence-electron chi connectivity index (χ1n) is 8.40. The van der Waals surface area contributed by atoms with E-state index in [-0.39, 0.29) is 11.7 Å². The Morgan fingerprint density at radius 1 is 1.04 bits per heavy atom. The van der Waals surface area contributed by atoms with Crippen LogP contribution < -0.4 is 4.74 Å². The molecule has 2 aromatic carbocycles. The maximum Gasteiger partial charge on any atom is 0.264 e. The topological polar surface area (TPSA) is 42.7 Å². The van der Waals surface area contributed by atoms with Crippen LogP contribution in [0.25, 0.3) is 0 Å². The first-order chi connectivity index (χ1) is 12.6. The van der Waals surface area contributed by atoms with Gasteiger partial charge in [-0.3, -0.25) is 4.79 Å². The van der Waals surface area contributed by atoms with Crippen molar-refractivity contribution in [3.63, 3.8) is 0 Å². The van der Waals surface area contributed by atoms with Crippen molar-refractivity contribution >= 4 is 5.91 Å². The summed E-state index contributed by atoms with van der Waals surface area (Å²) in [6.45, 7) is 2.34. The van der Waals surface area contributed by atoms with E-state index in [1.54, 1.807) is 36.3 Å². The molecule has 1 atom stereocenters. The second kappa shape index (κ2) is 8.34. The van der Waals surface area contributed by atoms with Gasteiger partial charge in [0.05, 0.1) is 12.8 Å². The third-order valence-corrected chi connectivity index (χ3v) is 3.94. The van der Waals surface area contributed by atoms with E-state index in [1.807, 2.05) is 36.4 Å². The number of amides is 1. The Morgan fingerprint density at radius 3 is 2.46 bits per heavy atom. The number of halogens is 1. The summed E-state index contributed by atoms with van der Waals surface area (Å²) in [5.41, 5.74) is 0.991. The van der Waals surface area contributed by atoms with Gasteiger partial charge in [-0.05, 0) is 36.8 Å². The molecule has 3 rings (SSSR count). The summed E-state index contributed by atoms with van der Waals surface area (Å²) in [4.78, 5) is 14.6. The standard InChI is InChI=1S/C21H20FNO3/c1-16(26-20-12-6-5-11-19(20)22)21(24)23(15-18-10-7-13-25-18)14-17-8-3-2-4-9-17/h2-13,16H,14-15H2,1H3. The number of carbonyl (C=O) groups excluding carboxylic acids is 1. The lowest BCUT2D eigenvalue weighted by Gasteiger charge is -2.25. The minimum Gasteiger partial charge on any atom is -0.478 e. The number of furan rings is 1. The Bertz CT molecular complexity index is 833.